The van der Waals surface area contributed by atoms with E-state index in [1.165, 1.54) is 103 Å². The predicted molar refractivity (Wildman–Crippen MR) is 193 cm³/mol. The quantitative estimate of drug-likeness (QED) is 0.0547. The van der Waals surface area contributed by atoms with Crippen molar-refractivity contribution in [1.29, 1.82) is 0 Å². The van der Waals surface area contributed by atoms with E-state index in [4.69, 9.17) is 18.9 Å². The third kappa shape index (κ3) is 18.7. The number of aliphatic hydroxyl groups excluding tert-OH is 4. The Morgan fingerprint density at radius 1 is 0.633 bits per heavy atom. The van der Waals surface area contributed by atoms with Crippen LogP contribution in [0.4, 0.5) is 0 Å². The summed E-state index contributed by atoms with van der Waals surface area (Å²) < 4.78 is 23.0. The molecule has 1 fully saturated rings. The van der Waals surface area contributed by atoms with Crippen molar-refractivity contribution in [3.63, 3.8) is 0 Å². The van der Waals surface area contributed by atoms with Crippen molar-refractivity contribution in [2.45, 2.75) is 173 Å². The molecule has 0 bridgehead atoms. The maximum atomic E-state index is 13.1. The number of nitrogens with one attached hydrogen (secondary N) is 1. The topological polar surface area (TPSA) is 147 Å². The number of aliphatic hydroxyl groups is 4. The van der Waals surface area contributed by atoms with E-state index in [0.29, 0.717) is 30.3 Å². The van der Waals surface area contributed by atoms with E-state index in [-0.39, 0.29) is 19.1 Å². The third-order valence-electron chi connectivity index (χ3n) is 9.19. The molecule has 0 saturated carbocycles. The SMILES string of the molecule is CCCCCCCCCCCCOc1cc(OCCCCCCCCCCCC)cc(C(=O)NCCO[C@@H]2O[C@H](CO)[C@H](O)[C@H](O)[C@H]2O)c1. The monoisotopic (exact) mass is 695 g/mol. The largest absolute Gasteiger partial charge is 0.493 e. The molecule has 0 unspecified atom stereocenters. The first-order valence-corrected chi connectivity index (χ1v) is 19.5. The van der Waals surface area contributed by atoms with Crippen molar-refractivity contribution in [2.24, 2.45) is 0 Å². The van der Waals surface area contributed by atoms with Gasteiger partial charge in [-0.05, 0) is 25.0 Å². The average Bonchev–Trinajstić information content (AvgIpc) is 3.11. The number of ether oxygens (including phenoxy) is 4. The minimum Gasteiger partial charge on any atom is -0.493 e. The van der Waals surface area contributed by atoms with Crippen LogP contribution in [0.3, 0.4) is 0 Å². The van der Waals surface area contributed by atoms with Gasteiger partial charge < -0.3 is 44.7 Å². The van der Waals surface area contributed by atoms with Crippen LogP contribution in [-0.2, 0) is 9.47 Å². The number of hydrogen-bond acceptors (Lipinski definition) is 9. The Morgan fingerprint density at radius 2 is 1.08 bits per heavy atom. The van der Waals surface area contributed by atoms with Crippen LogP contribution in [0.1, 0.15) is 153 Å². The summed E-state index contributed by atoms with van der Waals surface area (Å²) in [6.07, 6.45) is 18.2. The summed E-state index contributed by atoms with van der Waals surface area (Å²) in [5, 5.41) is 42.3. The fourth-order valence-corrected chi connectivity index (χ4v) is 6.08. The lowest BCUT2D eigenvalue weighted by molar-refractivity contribution is -0.300. The third-order valence-corrected chi connectivity index (χ3v) is 9.19. The molecule has 5 N–H and O–H groups in total. The van der Waals surface area contributed by atoms with Crippen molar-refractivity contribution in [3.8, 4) is 11.5 Å². The zero-order chi connectivity index (χ0) is 35.5. The normalized spacial score (nSPS) is 20.7. The summed E-state index contributed by atoms with van der Waals surface area (Å²) in [6, 6.07) is 5.29. The summed E-state index contributed by atoms with van der Waals surface area (Å²) in [7, 11) is 0. The van der Waals surface area contributed by atoms with Crippen molar-refractivity contribution in [2.75, 3.05) is 33.0 Å². The number of carbonyl (C=O) groups is 1. The number of hydrogen-bond donors (Lipinski definition) is 5. The molecule has 0 aromatic heterocycles. The fourth-order valence-electron chi connectivity index (χ4n) is 6.08. The lowest BCUT2D eigenvalue weighted by atomic mass is 9.99. The smallest absolute Gasteiger partial charge is 0.251 e. The molecule has 0 radical (unpaired) electrons. The van der Waals surface area contributed by atoms with Crippen LogP contribution in [0.2, 0.25) is 0 Å². The Balaban J connectivity index is 1.81. The first kappa shape index (κ1) is 43.2. The van der Waals surface area contributed by atoms with Gasteiger partial charge in [0.1, 0.15) is 35.9 Å². The maximum absolute atomic E-state index is 13.1. The molecule has 1 heterocycles. The van der Waals surface area contributed by atoms with Gasteiger partial charge in [-0.2, -0.15) is 0 Å². The van der Waals surface area contributed by atoms with Gasteiger partial charge in [-0.3, -0.25) is 4.79 Å². The molecule has 10 nitrogen and oxygen atoms in total. The molecule has 1 amide bonds. The van der Waals surface area contributed by atoms with Gasteiger partial charge in [-0.25, -0.2) is 0 Å². The van der Waals surface area contributed by atoms with Gasteiger partial charge in [0.05, 0.1) is 26.4 Å². The Labute approximate surface area is 296 Å². The van der Waals surface area contributed by atoms with E-state index in [1.807, 2.05) is 6.07 Å². The standard InChI is InChI=1S/C39H69NO9/c1-3-5-7-9-11-13-15-17-19-21-24-46-32-27-31(28-33(29-32)47-25-22-20-18-16-14-12-10-8-6-4-2)38(45)40-23-26-48-39-37(44)36(43)35(42)34(30-41)49-39/h27-29,34-37,39,41-44H,3-26,30H2,1-2H3,(H,40,45)/t34-,35+,36+,37-,39-/m1/s1. The van der Waals surface area contributed by atoms with Crippen LogP contribution in [0.25, 0.3) is 0 Å². The Hall–Kier alpha value is -1.95. The van der Waals surface area contributed by atoms with Crippen molar-refractivity contribution in [1.82, 2.24) is 5.32 Å². The van der Waals surface area contributed by atoms with Crippen LogP contribution in [0.15, 0.2) is 18.2 Å². The molecular formula is C39H69NO9. The molecule has 10 heteroatoms. The second-order valence-electron chi connectivity index (χ2n) is 13.6. The lowest BCUT2D eigenvalue weighted by Gasteiger charge is -2.39. The highest BCUT2D eigenvalue weighted by atomic mass is 16.7. The molecule has 49 heavy (non-hydrogen) atoms. The van der Waals surface area contributed by atoms with Crippen LogP contribution in [0, 0.1) is 0 Å². The molecular weight excluding hydrogens is 626 g/mol. The van der Waals surface area contributed by atoms with Gasteiger partial charge in [-0.1, -0.05) is 129 Å². The van der Waals surface area contributed by atoms with Crippen molar-refractivity contribution in [3.05, 3.63) is 23.8 Å². The van der Waals surface area contributed by atoms with E-state index in [2.05, 4.69) is 19.2 Å². The highest BCUT2D eigenvalue weighted by Crippen LogP contribution is 2.25. The van der Waals surface area contributed by atoms with Gasteiger partial charge in [-0.15, -0.1) is 0 Å². The predicted octanol–water partition coefficient (Wildman–Crippen LogP) is 6.83. The summed E-state index contributed by atoms with van der Waals surface area (Å²) >= 11 is 0. The van der Waals surface area contributed by atoms with E-state index in [1.54, 1.807) is 12.1 Å². The number of amides is 1. The van der Waals surface area contributed by atoms with Crippen LogP contribution >= 0.6 is 0 Å². The Kier molecular flexibility index (Phi) is 24.5. The van der Waals surface area contributed by atoms with E-state index in [9.17, 15) is 25.2 Å². The molecule has 1 saturated heterocycles. The summed E-state index contributed by atoms with van der Waals surface area (Å²) in [5.41, 5.74) is 0.409. The first-order chi connectivity index (χ1) is 23.9. The van der Waals surface area contributed by atoms with E-state index in [0.717, 1.165) is 25.7 Å². The number of rotatable bonds is 30. The minimum atomic E-state index is -1.52. The fraction of sp³-hybridized carbons (Fsp3) is 0.821. The number of benzene rings is 1. The summed E-state index contributed by atoms with van der Waals surface area (Å²) in [6.45, 7) is 5.19. The van der Waals surface area contributed by atoms with Gasteiger partial charge in [0.25, 0.3) is 5.91 Å². The van der Waals surface area contributed by atoms with Crippen LogP contribution in [0.5, 0.6) is 11.5 Å². The number of carbonyl (C=O) groups excluding carboxylic acids is 1. The van der Waals surface area contributed by atoms with Crippen LogP contribution < -0.4 is 14.8 Å². The Morgan fingerprint density at radius 3 is 1.53 bits per heavy atom. The average molecular weight is 696 g/mol. The summed E-state index contributed by atoms with van der Waals surface area (Å²) in [5.74, 6) is 0.865. The second kappa shape index (κ2) is 27.7. The van der Waals surface area contributed by atoms with Crippen LogP contribution in [-0.4, -0.2) is 90.0 Å². The van der Waals surface area contributed by atoms with Gasteiger partial charge >= 0.3 is 0 Å². The highest BCUT2D eigenvalue weighted by Gasteiger charge is 2.43. The van der Waals surface area contributed by atoms with Crippen molar-refractivity contribution >= 4 is 5.91 Å². The van der Waals surface area contributed by atoms with Gasteiger partial charge in [0.2, 0.25) is 0 Å². The molecule has 0 aliphatic carbocycles. The molecule has 5 atom stereocenters. The minimum absolute atomic E-state index is 0.0224. The lowest BCUT2D eigenvalue weighted by Crippen LogP contribution is -2.59. The van der Waals surface area contributed by atoms with Crippen molar-refractivity contribution < 1.29 is 44.2 Å². The van der Waals surface area contributed by atoms with E-state index >= 15 is 0 Å². The number of unbranched alkanes of at least 4 members (excludes halogenated alkanes) is 18. The molecule has 0 spiro atoms. The molecule has 1 aliphatic rings. The molecule has 2 rings (SSSR count). The van der Waals surface area contributed by atoms with E-state index < -0.39 is 37.3 Å². The summed E-state index contributed by atoms with van der Waals surface area (Å²) in [4.78, 5) is 13.1. The molecule has 1 aliphatic heterocycles. The second-order valence-corrected chi connectivity index (χ2v) is 13.6. The van der Waals surface area contributed by atoms with Gasteiger partial charge in [0.15, 0.2) is 6.29 Å². The first-order valence-electron chi connectivity index (χ1n) is 19.5. The highest BCUT2D eigenvalue weighted by molar-refractivity contribution is 5.95. The maximum Gasteiger partial charge on any atom is 0.251 e. The van der Waals surface area contributed by atoms with Gasteiger partial charge in [0, 0.05) is 18.2 Å². The molecule has 1 aromatic rings. The zero-order valence-electron chi connectivity index (χ0n) is 30.6. The molecule has 284 valence electrons. The zero-order valence-corrected chi connectivity index (χ0v) is 30.6. The Bertz CT molecular complexity index is 918. The molecule has 1 aromatic carbocycles.